The van der Waals surface area contributed by atoms with Crippen LogP contribution in [-0.4, -0.2) is 43.0 Å². The Morgan fingerprint density at radius 2 is 2.25 bits per heavy atom. The maximum atomic E-state index is 13.5. The van der Waals surface area contributed by atoms with Gasteiger partial charge in [-0.05, 0) is 44.5 Å². The standard InChI is InChI=1S/C15H19F2NO2/c1-2-20-12-4-3-7-18(9-12)10-15(19)13-8-11(16)5-6-14(13)17/h5-6,8,12H,2-4,7,9-10H2,1H3. The molecule has 1 atom stereocenters. The van der Waals surface area contributed by atoms with Crippen molar-refractivity contribution in [1.29, 1.82) is 0 Å². The second-order valence-corrected chi connectivity index (χ2v) is 5.00. The molecule has 0 saturated carbocycles. The van der Waals surface area contributed by atoms with Crippen molar-refractivity contribution < 1.29 is 18.3 Å². The summed E-state index contributed by atoms with van der Waals surface area (Å²) < 4.78 is 32.2. The lowest BCUT2D eigenvalue weighted by molar-refractivity contribution is 0.00715. The highest BCUT2D eigenvalue weighted by Crippen LogP contribution is 2.15. The van der Waals surface area contributed by atoms with Crippen LogP contribution in [0.25, 0.3) is 0 Å². The van der Waals surface area contributed by atoms with Gasteiger partial charge in [-0.25, -0.2) is 8.78 Å². The van der Waals surface area contributed by atoms with Crippen LogP contribution in [-0.2, 0) is 4.74 Å². The average Bonchev–Trinajstić information content (AvgIpc) is 2.42. The number of hydrogen-bond acceptors (Lipinski definition) is 3. The number of rotatable bonds is 5. The zero-order valence-corrected chi connectivity index (χ0v) is 11.6. The fraction of sp³-hybridized carbons (Fsp3) is 0.533. The Hall–Kier alpha value is -1.33. The highest BCUT2D eigenvalue weighted by Gasteiger charge is 2.23. The molecule has 3 nitrogen and oxygen atoms in total. The highest BCUT2D eigenvalue weighted by atomic mass is 19.1. The minimum absolute atomic E-state index is 0.101. The number of ketones is 1. The summed E-state index contributed by atoms with van der Waals surface area (Å²) >= 11 is 0. The predicted octanol–water partition coefficient (Wildman–Crippen LogP) is 2.65. The van der Waals surface area contributed by atoms with E-state index in [9.17, 15) is 13.6 Å². The smallest absolute Gasteiger partial charge is 0.179 e. The molecular weight excluding hydrogens is 264 g/mol. The van der Waals surface area contributed by atoms with E-state index in [2.05, 4.69) is 0 Å². The monoisotopic (exact) mass is 283 g/mol. The highest BCUT2D eigenvalue weighted by molar-refractivity contribution is 5.97. The van der Waals surface area contributed by atoms with Crippen molar-refractivity contribution in [3.05, 3.63) is 35.4 Å². The molecule has 1 aliphatic rings. The zero-order chi connectivity index (χ0) is 14.5. The van der Waals surface area contributed by atoms with Gasteiger partial charge in [0.1, 0.15) is 11.6 Å². The first-order valence-corrected chi connectivity index (χ1v) is 6.92. The summed E-state index contributed by atoms with van der Waals surface area (Å²) in [4.78, 5) is 14.0. The van der Waals surface area contributed by atoms with E-state index in [0.717, 1.165) is 37.6 Å². The number of carbonyl (C=O) groups is 1. The van der Waals surface area contributed by atoms with E-state index in [0.29, 0.717) is 13.2 Å². The van der Waals surface area contributed by atoms with Crippen molar-refractivity contribution >= 4 is 5.78 Å². The molecular formula is C15H19F2NO2. The summed E-state index contributed by atoms with van der Waals surface area (Å²) in [6.45, 7) is 4.13. The van der Waals surface area contributed by atoms with Crippen molar-refractivity contribution in [2.24, 2.45) is 0 Å². The number of nitrogens with zero attached hydrogens (tertiary/aromatic N) is 1. The molecule has 1 saturated heterocycles. The van der Waals surface area contributed by atoms with Gasteiger partial charge in [0.2, 0.25) is 0 Å². The summed E-state index contributed by atoms with van der Waals surface area (Å²) in [7, 11) is 0. The van der Waals surface area contributed by atoms with Crippen molar-refractivity contribution in [2.75, 3.05) is 26.2 Å². The van der Waals surface area contributed by atoms with Gasteiger partial charge < -0.3 is 4.74 Å². The van der Waals surface area contributed by atoms with Crippen LogP contribution in [0.5, 0.6) is 0 Å². The molecule has 5 heteroatoms. The first-order chi connectivity index (χ1) is 9.60. The molecule has 0 aliphatic carbocycles. The molecule has 0 spiro atoms. The van der Waals surface area contributed by atoms with Crippen LogP contribution in [0.2, 0.25) is 0 Å². The largest absolute Gasteiger partial charge is 0.377 e. The summed E-state index contributed by atoms with van der Waals surface area (Å²) in [5, 5.41) is 0. The quantitative estimate of drug-likeness (QED) is 0.778. The van der Waals surface area contributed by atoms with Crippen LogP contribution in [0.1, 0.15) is 30.1 Å². The van der Waals surface area contributed by atoms with Crippen LogP contribution in [0.4, 0.5) is 8.78 Å². The number of benzene rings is 1. The third-order valence-electron chi connectivity index (χ3n) is 3.46. The lowest BCUT2D eigenvalue weighted by atomic mass is 10.1. The van der Waals surface area contributed by atoms with Gasteiger partial charge in [-0.1, -0.05) is 0 Å². The number of piperidine rings is 1. The predicted molar refractivity (Wildman–Crippen MR) is 71.8 cm³/mol. The molecule has 0 bridgehead atoms. The van der Waals surface area contributed by atoms with E-state index in [4.69, 9.17) is 4.74 Å². The molecule has 0 amide bonds. The Labute approximate surface area is 117 Å². The second-order valence-electron chi connectivity index (χ2n) is 5.00. The van der Waals surface area contributed by atoms with Gasteiger partial charge in [-0.2, -0.15) is 0 Å². The second kappa shape index (κ2) is 6.90. The molecule has 0 aromatic heterocycles. The van der Waals surface area contributed by atoms with Gasteiger partial charge in [0.25, 0.3) is 0 Å². The molecule has 20 heavy (non-hydrogen) atoms. The van der Waals surface area contributed by atoms with E-state index in [-0.39, 0.29) is 24.0 Å². The molecule has 1 aromatic carbocycles. The topological polar surface area (TPSA) is 29.5 Å². The van der Waals surface area contributed by atoms with E-state index >= 15 is 0 Å². The number of likely N-dealkylation sites (tertiary alicyclic amines) is 1. The van der Waals surface area contributed by atoms with Crippen LogP contribution in [0.15, 0.2) is 18.2 Å². The molecule has 110 valence electrons. The van der Waals surface area contributed by atoms with E-state index in [1.807, 2.05) is 11.8 Å². The van der Waals surface area contributed by atoms with Crippen molar-refractivity contribution in [1.82, 2.24) is 4.90 Å². The maximum absolute atomic E-state index is 13.5. The Kier molecular flexibility index (Phi) is 5.20. The molecule has 1 aliphatic heterocycles. The number of Topliss-reactive ketones (excluding diaryl/α,β-unsaturated/α-hetero) is 1. The van der Waals surface area contributed by atoms with E-state index in [1.165, 1.54) is 0 Å². The molecule has 1 fully saturated rings. The van der Waals surface area contributed by atoms with Crippen molar-refractivity contribution in [3.8, 4) is 0 Å². The van der Waals surface area contributed by atoms with E-state index < -0.39 is 11.6 Å². The van der Waals surface area contributed by atoms with E-state index in [1.54, 1.807) is 0 Å². The van der Waals surface area contributed by atoms with Gasteiger partial charge in [-0.15, -0.1) is 0 Å². The summed E-state index contributed by atoms with van der Waals surface area (Å²) in [5.74, 6) is -1.66. The Bertz CT molecular complexity index is 477. The SMILES string of the molecule is CCOC1CCCN(CC(=O)c2cc(F)ccc2F)C1. The number of halogens is 2. The van der Waals surface area contributed by atoms with Gasteiger partial charge in [-0.3, -0.25) is 9.69 Å². The Morgan fingerprint density at radius 1 is 1.45 bits per heavy atom. The maximum Gasteiger partial charge on any atom is 0.179 e. The van der Waals surface area contributed by atoms with Gasteiger partial charge in [0.05, 0.1) is 18.2 Å². The summed E-state index contributed by atoms with van der Waals surface area (Å²) in [6, 6.07) is 2.96. The molecule has 0 radical (unpaired) electrons. The first-order valence-electron chi connectivity index (χ1n) is 6.92. The fourth-order valence-electron chi connectivity index (χ4n) is 2.53. The normalized spacial score (nSPS) is 20.1. The van der Waals surface area contributed by atoms with Gasteiger partial charge in [0, 0.05) is 13.2 Å². The van der Waals surface area contributed by atoms with Crippen molar-refractivity contribution in [2.45, 2.75) is 25.9 Å². The summed E-state index contributed by atoms with van der Waals surface area (Å²) in [5.41, 5.74) is -0.177. The third kappa shape index (κ3) is 3.84. The Balaban J connectivity index is 1.98. The molecule has 2 rings (SSSR count). The lowest BCUT2D eigenvalue weighted by Gasteiger charge is -2.31. The minimum Gasteiger partial charge on any atom is -0.377 e. The van der Waals surface area contributed by atoms with Crippen molar-refractivity contribution in [3.63, 3.8) is 0 Å². The third-order valence-corrected chi connectivity index (χ3v) is 3.46. The average molecular weight is 283 g/mol. The number of hydrogen-bond donors (Lipinski definition) is 0. The lowest BCUT2D eigenvalue weighted by Crippen LogP contribution is -2.42. The zero-order valence-electron chi connectivity index (χ0n) is 11.6. The molecule has 1 unspecified atom stereocenters. The number of ether oxygens (including phenoxy) is 1. The molecule has 0 N–H and O–H groups in total. The molecule has 1 heterocycles. The van der Waals surface area contributed by atoms with Gasteiger partial charge >= 0.3 is 0 Å². The van der Waals surface area contributed by atoms with Gasteiger partial charge in [0.15, 0.2) is 5.78 Å². The Morgan fingerprint density at radius 3 is 3.00 bits per heavy atom. The number of carbonyl (C=O) groups excluding carboxylic acids is 1. The summed E-state index contributed by atoms with van der Waals surface area (Å²) in [6.07, 6.45) is 2.05. The molecule has 1 aromatic rings. The van der Waals surface area contributed by atoms with Crippen LogP contribution in [0, 0.1) is 11.6 Å². The first kappa shape index (κ1) is 15.1. The fourth-order valence-corrected chi connectivity index (χ4v) is 2.53. The minimum atomic E-state index is -0.672. The van der Waals surface area contributed by atoms with Crippen LogP contribution >= 0.6 is 0 Å². The van der Waals surface area contributed by atoms with Crippen LogP contribution in [0.3, 0.4) is 0 Å². The van der Waals surface area contributed by atoms with Crippen LogP contribution < -0.4 is 0 Å².